The number of phenols is 1. The Kier molecular flexibility index (Phi) is 2.34. The Morgan fingerprint density at radius 1 is 1.12 bits per heavy atom. The van der Waals surface area contributed by atoms with Gasteiger partial charge < -0.3 is 5.11 Å². The Balaban J connectivity index is 2.30. The number of rotatable bonds is 1. The van der Waals surface area contributed by atoms with Crippen molar-refractivity contribution in [3.05, 3.63) is 47.5 Å². The molecule has 0 aliphatic rings. The van der Waals surface area contributed by atoms with E-state index in [9.17, 15) is 5.11 Å². The van der Waals surface area contributed by atoms with Gasteiger partial charge in [-0.3, -0.25) is 0 Å². The normalized spacial score (nSPS) is 10.9. The molecule has 0 amide bonds. The number of fused-ring (bicyclic) bond motifs is 1. The first-order valence-electron chi connectivity index (χ1n) is 5.39. The Hall–Kier alpha value is -1.87. The minimum absolute atomic E-state index is 0.284. The molecule has 0 unspecified atom stereocenters. The topological polar surface area (TPSA) is 33.1 Å². The van der Waals surface area contributed by atoms with Crippen LogP contribution >= 0.6 is 11.3 Å². The average Bonchev–Trinajstić information content (AvgIpc) is 2.68. The fourth-order valence-electron chi connectivity index (χ4n) is 1.97. The highest BCUT2D eigenvalue weighted by Gasteiger charge is 2.07. The predicted octanol–water partition coefficient (Wildman–Crippen LogP) is 3.98. The molecule has 3 aromatic rings. The molecule has 17 heavy (non-hydrogen) atoms. The maximum atomic E-state index is 9.53. The van der Waals surface area contributed by atoms with Crippen molar-refractivity contribution in [2.45, 2.75) is 6.92 Å². The van der Waals surface area contributed by atoms with Gasteiger partial charge in [0.1, 0.15) is 5.75 Å². The Morgan fingerprint density at radius 3 is 2.76 bits per heavy atom. The van der Waals surface area contributed by atoms with E-state index in [4.69, 9.17) is 0 Å². The first-order valence-corrected chi connectivity index (χ1v) is 6.21. The summed E-state index contributed by atoms with van der Waals surface area (Å²) in [6.07, 6.45) is 0. The second-order valence-corrected chi connectivity index (χ2v) is 5.17. The van der Waals surface area contributed by atoms with Crippen LogP contribution < -0.4 is 0 Å². The van der Waals surface area contributed by atoms with Crippen LogP contribution in [0.5, 0.6) is 5.75 Å². The lowest BCUT2D eigenvalue weighted by molar-refractivity contribution is 0.475. The quantitative estimate of drug-likeness (QED) is 0.699. The molecule has 3 heteroatoms. The van der Waals surface area contributed by atoms with E-state index in [2.05, 4.69) is 11.1 Å². The Morgan fingerprint density at radius 2 is 1.94 bits per heavy atom. The molecule has 2 aromatic carbocycles. The van der Waals surface area contributed by atoms with Crippen LogP contribution in [0, 0.1) is 6.92 Å². The lowest BCUT2D eigenvalue weighted by Gasteiger charge is -2.03. The molecule has 0 spiro atoms. The predicted molar refractivity (Wildman–Crippen MR) is 71.5 cm³/mol. The average molecular weight is 241 g/mol. The van der Waals surface area contributed by atoms with Gasteiger partial charge in [0.25, 0.3) is 0 Å². The van der Waals surface area contributed by atoms with Gasteiger partial charge in [0.15, 0.2) is 0 Å². The third-order valence-corrected chi connectivity index (χ3v) is 3.62. The van der Waals surface area contributed by atoms with Crippen molar-refractivity contribution >= 4 is 21.6 Å². The molecule has 0 bridgehead atoms. The third kappa shape index (κ3) is 1.78. The van der Waals surface area contributed by atoms with E-state index in [-0.39, 0.29) is 5.75 Å². The maximum absolute atomic E-state index is 9.53. The molecule has 1 aromatic heterocycles. The number of aromatic nitrogens is 1. The van der Waals surface area contributed by atoms with Crippen LogP contribution in [0.4, 0.5) is 0 Å². The molecule has 2 nitrogen and oxygen atoms in total. The standard InChI is InChI=1S/C14H11NOS/c1-9-15-14-12(6-3-7-13(14)17-9)10-4-2-5-11(16)8-10/h2-8,16H,1H3. The molecule has 1 N–H and O–H groups in total. The highest BCUT2D eigenvalue weighted by molar-refractivity contribution is 7.18. The Labute approximate surface area is 103 Å². The molecular weight excluding hydrogens is 230 g/mol. The molecule has 0 saturated carbocycles. The van der Waals surface area contributed by atoms with E-state index in [0.717, 1.165) is 21.7 Å². The van der Waals surface area contributed by atoms with Gasteiger partial charge in [0, 0.05) is 5.56 Å². The van der Waals surface area contributed by atoms with Gasteiger partial charge in [-0.05, 0) is 30.7 Å². The van der Waals surface area contributed by atoms with E-state index in [1.807, 2.05) is 31.2 Å². The van der Waals surface area contributed by atoms with Gasteiger partial charge in [0.05, 0.1) is 15.2 Å². The van der Waals surface area contributed by atoms with Crippen molar-refractivity contribution in [1.29, 1.82) is 0 Å². The molecule has 0 fully saturated rings. The van der Waals surface area contributed by atoms with Gasteiger partial charge in [0.2, 0.25) is 0 Å². The van der Waals surface area contributed by atoms with Crippen LogP contribution in [-0.2, 0) is 0 Å². The molecule has 1 heterocycles. The SMILES string of the molecule is Cc1nc2c(-c3cccc(O)c3)cccc2s1. The lowest BCUT2D eigenvalue weighted by atomic mass is 10.0. The zero-order valence-corrected chi connectivity index (χ0v) is 10.2. The number of phenolic OH excluding ortho intramolecular Hbond substituents is 1. The molecule has 3 rings (SSSR count). The molecule has 0 radical (unpaired) electrons. The van der Waals surface area contributed by atoms with Crippen molar-refractivity contribution in [3.8, 4) is 16.9 Å². The third-order valence-electron chi connectivity index (χ3n) is 2.68. The first kappa shape index (κ1) is 10.3. The summed E-state index contributed by atoms with van der Waals surface area (Å²) in [4.78, 5) is 4.56. The summed E-state index contributed by atoms with van der Waals surface area (Å²) in [7, 11) is 0. The van der Waals surface area contributed by atoms with E-state index in [1.165, 1.54) is 4.70 Å². The largest absolute Gasteiger partial charge is 0.508 e. The van der Waals surface area contributed by atoms with Crippen molar-refractivity contribution in [1.82, 2.24) is 4.98 Å². The lowest BCUT2D eigenvalue weighted by Crippen LogP contribution is -1.80. The monoisotopic (exact) mass is 241 g/mol. The van der Waals surface area contributed by atoms with Crippen molar-refractivity contribution in [2.75, 3.05) is 0 Å². The van der Waals surface area contributed by atoms with E-state index >= 15 is 0 Å². The fraction of sp³-hybridized carbons (Fsp3) is 0.0714. The van der Waals surface area contributed by atoms with Crippen LogP contribution in [0.2, 0.25) is 0 Å². The van der Waals surface area contributed by atoms with E-state index in [0.29, 0.717) is 0 Å². The second kappa shape index (κ2) is 3.86. The van der Waals surface area contributed by atoms with E-state index < -0.39 is 0 Å². The number of aromatic hydroxyl groups is 1. The summed E-state index contributed by atoms with van der Waals surface area (Å²) in [5.74, 6) is 0.284. The molecule has 0 atom stereocenters. The summed E-state index contributed by atoms with van der Waals surface area (Å²) < 4.78 is 1.18. The fourth-order valence-corrected chi connectivity index (χ4v) is 2.82. The number of nitrogens with zero attached hydrogens (tertiary/aromatic N) is 1. The zero-order valence-electron chi connectivity index (χ0n) is 9.34. The minimum Gasteiger partial charge on any atom is -0.508 e. The number of thiazole rings is 1. The zero-order chi connectivity index (χ0) is 11.8. The van der Waals surface area contributed by atoms with E-state index in [1.54, 1.807) is 23.5 Å². The number of hydrogen-bond acceptors (Lipinski definition) is 3. The molecular formula is C14H11NOS. The molecule has 0 aliphatic carbocycles. The highest BCUT2D eigenvalue weighted by atomic mass is 32.1. The smallest absolute Gasteiger partial charge is 0.116 e. The van der Waals surface area contributed by atoms with Gasteiger partial charge in [-0.2, -0.15) is 0 Å². The summed E-state index contributed by atoms with van der Waals surface area (Å²) in [5.41, 5.74) is 3.09. The van der Waals surface area contributed by atoms with Crippen LogP contribution in [0.3, 0.4) is 0 Å². The summed E-state index contributed by atoms with van der Waals surface area (Å²) in [6.45, 7) is 2.01. The van der Waals surface area contributed by atoms with Crippen LogP contribution in [-0.4, -0.2) is 10.1 Å². The molecule has 84 valence electrons. The molecule has 0 saturated heterocycles. The van der Waals surface area contributed by atoms with Gasteiger partial charge in [-0.15, -0.1) is 11.3 Å². The van der Waals surface area contributed by atoms with Crippen molar-refractivity contribution in [2.24, 2.45) is 0 Å². The van der Waals surface area contributed by atoms with Gasteiger partial charge in [-0.25, -0.2) is 4.98 Å². The highest BCUT2D eigenvalue weighted by Crippen LogP contribution is 2.32. The van der Waals surface area contributed by atoms with Crippen molar-refractivity contribution < 1.29 is 5.11 Å². The molecule has 0 aliphatic heterocycles. The maximum Gasteiger partial charge on any atom is 0.116 e. The number of benzene rings is 2. The van der Waals surface area contributed by atoms with Gasteiger partial charge in [-0.1, -0.05) is 24.3 Å². The number of para-hydroxylation sites is 1. The second-order valence-electron chi connectivity index (χ2n) is 3.94. The van der Waals surface area contributed by atoms with Crippen LogP contribution in [0.25, 0.3) is 21.3 Å². The summed E-state index contributed by atoms with van der Waals surface area (Å²) in [5, 5.41) is 10.6. The Bertz CT molecular complexity index is 688. The number of hydrogen-bond donors (Lipinski definition) is 1. The first-order chi connectivity index (χ1) is 8.24. The van der Waals surface area contributed by atoms with Crippen LogP contribution in [0.1, 0.15) is 5.01 Å². The van der Waals surface area contributed by atoms with Crippen LogP contribution in [0.15, 0.2) is 42.5 Å². The summed E-state index contributed by atoms with van der Waals surface area (Å²) in [6, 6.07) is 13.4. The minimum atomic E-state index is 0.284. The number of aryl methyl sites for hydroxylation is 1. The van der Waals surface area contributed by atoms with Gasteiger partial charge >= 0.3 is 0 Å². The summed E-state index contributed by atoms with van der Waals surface area (Å²) >= 11 is 1.69. The van der Waals surface area contributed by atoms with Crippen molar-refractivity contribution in [3.63, 3.8) is 0 Å².